The molecule has 0 N–H and O–H groups in total. The summed E-state index contributed by atoms with van der Waals surface area (Å²) >= 11 is 0. The molecule has 21 heavy (non-hydrogen) atoms. The summed E-state index contributed by atoms with van der Waals surface area (Å²) in [5.74, 6) is 0. The summed E-state index contributed by atoms with van der Waals surface area (Å²) in [4.78, 5) is 5.04. The molecular formula is C18H36N2O. The third-order valence-corrected chi connectivity index (χ3v) is 5.57. The van der Waals surface area contributed by atoms with Crippen LogP contribution in [0, 0.1) is 0 Å². The fraction of sp³-hybridized carbons (Fsp3) is 1.00. The van der Waals surface area contributed by atoms with Gasteiger partial charge in [-0.05, 0) is 39.8 Å². The SMILES string of the molecule is CN(CCOCCN(C)C1CCCCC1)C1CCCCC1. The largest absolute Gasteiger partial charge is 0.379 e. The highest BCUT2D eigenvalue weighted by molar-refractivity contribution is 4.74. The van der Waals surface area contributed by atoms with E-state index in [2.05, 4.69) is 23.9 Å². The van der Waals surface area contributed by atoms with Gasteiger partial charge in [0.05, 0.1) is 13.2 Å². The Morgan fingerprint density at radius 1 is 0.667 bits per heavy atom. The van der Waals surface area contributed by atoms with E-state index >= 15 is 0 Å². The van der Waals surface area contributed by atoms with Crippen LogP contribution in [0.2, 0.25) is 0 Å². The fourth-order valence-electron chi connectivity index (χ4n) is 3.93. The second-order valence-corrected chi connectivity index (χ2v) is 7.16. The fourth-order valence-corrected chi connectivity index (χ4v) is 3.93. The van der Waals surface area contributed by atoms with Crippen LogP contribution in [0.4, 0.5) is 0 Å². The molecule has 124 valence electrons. The van der Waals surface area contributed by atoms with E-state index in [4.69, 9.17) is 4.74 Å². The molecule has 3 heteroatoms. The van der Waals surface area contributed by atoms with Crippen LogP contribution < -0.4 is 0 Å². The van der Waals surface area contributed by atoms with E-state index in [9.17, 15) is 0 Å². The van der Waals surface area contributed by atoms with Gasteiger partial charge >= 0.3 is 0 Å². The zero-order chi connectivity index (χ0) is 14.9. The van der Waals surface area contributed by atoms with Crippen molar-refractivity contribution in [2.24, 2.45) is 0 Å². The lowest BCUT2D eigenvalue weighted by atomic mass is 9.94. The third kappa shape index (κ3) is 6.25. The second-order valence-electron chi connectivity index (χ2n) is 7.16. The lowest BCUT2D eigenvalue weighted by Crippen LogP contribution is -2.37. The molecule has 0 bridgehead atoms. The van der Waals surface area contributed by atoms with Crippen molar-refractivity contribution in [3.05, 3.63) is 0 Å². The highest BCUT2D eigenvalue weighted by atomic mass is 16.5. The molecule has 0 atom stereocenters. The molecule has 2 aliphatic carbocycles. The van der Waals surface area contributed by atoms with Crippen LogP contribution in [0.1, 0.15) is 64.2 Å². The quantitative estimate of drug-likeness (QED) is 0.637. The van der Waals surface area contributed by atoms with Crippen molar-refractivity contribution in [2.45, 2.75) is 76.3 Å². The van der Waals surface area contributed by atoms with Crippen molar-refractivity contribution >= 4 is 0 Å². The maximum atomic E-state index is 5.87. The number of hydrogen-bond donors (Lipinski definition) is 0. The van der Waals surface area contributed by atoms with E-state index in [0.29, 0.717) is 0 Å². The van der Waals surface area contributed by atoms with E-state index in [1.807, 2.05) is 0 Å². The standard InChI is InChI=1S/C18H36N2O/c1-19(17-9-5-3-6-10-17)13-15-21-16-14-20(2)18-11-7-4-8-12-18/h17-18H,3-16H2,1-2H3. The van der Waals surface area contributed by atoms with Gasteiger partial charge in [-0.3, -0.25) is 0 Å². The predicted octanol–water partition coefficient (Wildman–Crippen LogP) is 3.53. The zero-order valence-electron chi connectivity index (χ0n) is 14.4. The number of rotatable bonds is 8. The van der Waals surface area contributed by atoms with Gasteiger partial charge in [-0.15, -0.1) is 0 Å². The molecule has 0 heterocycles. The van der Waals surface area contributed by atoms with Crippen molar-refractivity contribution in [1.29, 1.82) is 0 Å². The first-order chi connectivity index (χ1) is 10.3. The molecule has 0 aliphatic heterocycles. The minimum absolute atomic E-state index is 0.812. The molecule has 0 saturated heterocycles. The number of hydrogen-bond acceptors (Lipinski definition) is 3. The summed E-state index contributed by atoms with van der Waals surface area (Å²) in [5, 5.41) is 0. The molecule has 0 radical (unpaired) electrons. The monoisotopic (exact) mass is 296 g/mol. The van der Waals surface area contributed by atoms with Crippen LogP contribution in [-0.4, -0.2) is 62.3 Å². The second kappa shape index (κ2) is 9.81. The average molecular weight is 296 g/mol. The molecule has 2 fully saturated rings. The van der Waals surface area contributed by atoms with Gasteiger partial charge < -0.3 is 14.5 Å². The first-order valence-electron chi connectivity index (χ1n) is 9.25. The van der Waals surface area contributed by atoms with Crippen LogP contribution in [-0.2, 0) is 4.74 Å². The summed E-state index contributed by atoms with van der Waals surface area (Å²) in [7, 11) is 4.54. The normalized spacial score (nSPS) is 22.3. The molecule has 0 spiro atoms. The molecule has 3 nitrogen and oxygen atoms in total. The lowest BCUT2D eigenvalue weighted by Gasteiger charge is -2.32. The van der Waals surface area contributed by atoms with Gasteiger partial charge in [0.1, 0.15) is 0 Å². The Morgan fingerprint density at radius 3 is 1.43 bits per heavy atom. The Balaban J connectivity index is 1.49. The summed E-state index contributed by atoms with van der Waals surface area (Å²) in [6.45, 7) is 3.98. The smallest absolute Gasteiger partial charge is 0.0594 e. The van der Waals surface area contributed by atoms with Gasteiger partial charge in [0.15, 0.2) is 0 Å². The third-order valence-electron chi connectivity index (χ3n) is 5.57. The minimum atomic E-state index is 0.812. The van der Waals surface area contributed by atoms with Gasteiger partial charge in [-0.25, -0.2) is 0 Å². The maximum Gasteiger partial charge on any atom is 0.0594 e. The van der Waals surface area contributed by atoms with Crippen LogP contribution in [0.15, 0.2) is 0 Å². The number of likely N-dealkylation sites (N-methyl/N-ethyl adjacent to an activating group) is 2. The van der Waals surface area contributed by atoms with Gasteiger partial charge in [0.25, 0.3) is 0 Å². The number of ether oxygens (including phenoxy) is 1. The highest BCUT2D eigenvalue weighted by Gasteiger charge is 2.18. The molecular weight excluding hydrogens is 260 g/mol. The Kier molecular flexibility index (Phi) is 8.05. The lowest BCUT2D eigenvalue weighted by molar-refractivity contribution is 0.0663. The van der Waals surface area contributed by atoms with Gasteiger partial charge in [0, 0.05) is 25.2 Å². The summed E-state index contributed by atoms with van der Waals surface area (Å²) in [6, 6.07) is 1.62. The van der Waals surface area contributed by atoms with Gasteiger partial charge in [-0.2, -0.15) is 0 Å². The topological polar surface area (TPSA) is 15.7 Å². The molecule has 0 amide bonds. The average Bonchev–Trinajstić information content (AvgIpc) is 2.55. The Bertz CT molecular complexity index is 234. The molecule has 2 rings (SSSR count). The van der Waals surface area contributed by atoms with Crippen LogP contribution in [0.3, 0.4) is 0 Å². The van der Waals surface area contributed by atoms with Crippen LogP contribution in [0.5, 0.6) is 0 Å². The molecule has 0 aromatic rings. The highest BCUT2D eigenvalue weighted by Crippen LogP contribution is 2.22. The molecule has 2 aliphatic rings. The van der Waals surface area contributed by atoms with Crippen molar-refractivity contribution < 1.29 is 4.74 Å². The molecule has 0 aromatic carbocycles. The maximum absolute atomic E-state index is 5.87. The zero-order valence-corrected chi connectivity index (χ0v) is 14.4. The first kappa shape index (κ1) is 17.2. The first-order valence-corrected chi connectivity index (χ1v) is 9.25. The van der Waals surface area contributed by atoms with E-state index in [0.717, 1.165) is 38.4 Å². The van der Waals surface area contributed by atoms with Crippen molar-refractivity contribution in [2.75, 3.05) is 40.4 Å². The van der Waals surface area contributed by atoms with Crippen molar-refractivity contribution in [3.8, 4) is 0 Å². The molecule has 2 saturated carbocycles. The van der Waals surface area contributed by atoms with Gasteiger partial charge in [0.2, 0.25) is 0 Å². The van der Waals surface area contributed by atoms with Crippen LogP contribution >= 0.6 is 0 Å². The van der Waals surface area contributed by atoms with E-state index in [-0.39, 0.29) is 0 Å². The Hall–Kier alpha value is -0.120. The van der Waals surface area contributed by atoms with E-state index in [1.165, 1.54) is 64.2 Å². The van der Waals surface area contributed by atoms with E-state index < -0.39 is 0 Å². The number of nitrogens with zero attached hydrogens (tertiary/aromatic N) is 2. The summed E-state index contributed by atoms with van der Waals surface area (Å²) < 4.78 is 5.87. The van der Waals surface area contributed by atoms with E-state index in [1.54, 1.807) is 0 Å². The molecule has 0 aromatic heterocycles. The minimum Gasteiger partial charge on any atom is -0.379 e. The summed E-state index contributed by atoms with van der Waals surface area (Å²) in [5.41, 5.74) is 0. The van der Waals surface area contributed by atoms with Crippen molar-refractivity contribution in [3.63, 3.8) is 0 Å². The summed E-state index contributed by atoms with van der Waals surface area (Å²) in [6.07, 6.45) is 14.1. The van der Waals surface area contributed by atoms with Gasteiger partial charge in [-0.1, -0.05) is 38.5 Å². The van der Waals surface area contributed by atoms with Crippen molar-refractivity contribution in [1.82, 2.24) is 9.80 Å². The Morgan fingerprint density at radius 2 is 1.05 bits per heavy atom. The molecule has 0 unspecified atom stereocenters. The Labute approximate surface area is 132 Å². The van der Waals surface area contributed by atoms with Crippen LogP contribution in [0.25, 0.3) is 0 Å². The predicted molar refractivity (Wildman–Crippen MR) is 89.8 cm³/mol.